The highest BCUT2D eigenvalue weighted by molar-refractivity contribution is 6.45. The molecule has 2 N–H and O–H groups in total. The van der Waals surface area contributed by atoms with Gasteiger partial charge in [0.2, 0.25) is 5.91 Å². The van der Waals surface area contributed by atoms with Gasteiger partial charge in [-0.25, -0.2) is 4.39 Å². The van der Waals surface area contributed by atoms with E-state index in [9.17, 15) is 14.0 Å². The minimum absolute atomic E-state index is 0.128. The molecule has 2 aliphatic rings. The Bertz CT molecular complexity index is 971. The van der Waals surface area contributed by atoms with E-state index in [4.69, 9.17) is 5.73 Å². The summed E-state index contributed by atoms with van der Waals surface area (Å²) in [7, 11) is 0. The Morgan fingerprint density at radius 1 is 1.18 bits per heavy atom. The van der Waals surface area contributed by atoms with Gasteiger partial charge in [-0.1, -0.05) is 18.2 Å². The molecule has 7 heteroatoms. The van der Waals surface area contributed by atoms with Gasteiger partial charge in [0.1, 0.15) is 17.6 Å². The van der Waals surface area contributed by atoms with Crippen molar-refractivity contribution in [2.75, 3.05) is 16.5 Å². The van der Waals surface area contributed by atoms with Gasteiger partial charge in [0.25, 0.3) is 5.91 Å². The topological polar surface area (TPSA) is 79.0 Å². The quantitative estimate of drug-likeness (QED) is 0.889. The van der Waals surface area contributed by atoms with Crippen LogP contribution in [0, 0.1) is 12.7 Å². The lowest BCUT2D eigenvalue weighted by molar-refractivity contribution is -0.119. The van der Waals surface area contributed by atoms with E-state index in [1.807, 2.05) is 25.1 Å². The Balaban J connectivity index is 1.68. The van der Waals surface area contributed by atoms with Crippen molar-refractivity contribution < 1.29 is 14.0 Å². The highest BCUT2D eigenvalue weighted by Gasteiger charge is 2.37. The van der Waals surface area contributed by atoms with Gasteiger partial charge in [0.05, 0.1) is 11.4 Å². The first kappa shape index (κ1) is 18.2. The van der Waals surface area contributed by atoms with Crippen LogP contribution in [-0.4, -0.2) is 30.1 Å². The second kappa shape index (κ2) is 7.07. The second-order valence-electron chi connectivity index (χ2n) is 7.13. The molecule has 1 atom stereocenters. The van der Waals surface area contributed by atoms with Gasteiger partial charge < -0.3 is 10.6 Å². The number of hydrazone groups is 1. The van der Waals surface area contributed by atoms with Crippen molar-refractivity contribution in [2.45, 2.75) is 32.2 Å². The number of rotatable bonds is 3. The largest absolute Gasteiger partial charge is 0.368 e. The number of amides is 2. The van der Waals surface area contributed by atoms with Gasteiger partial charge in [-0.15, -0.1) is 0 Å². The molecule has 0 bridgehead atoms. The number of fused-ring (bicyclic) bond motifs is 1. The molecular formula is C21H21FN4O2. The maximum atomic E-state index is 13.3. The molecular weight excluding hydrogens is 359 g/mol. The van der Waals surface area contributed by atoms with Crippen LogP contribution in [0.15, 0.2) is 47.6 Å². The zero-order valence-electron chi connectivity index (χ0n) is 15.6. The van der Waals surface area contributed by atoms with Crippen LogP contribution in [0.3, 0.4) is 0 Å². The summed E-state index contributed by atoms with van der Waals surface area (Å²) in [6, 6.07) is 10.8. The Morgan fingerprint density at radius 3 is 2.64 bits per heavy atom. The van der Waals surface area contributed by atoms with E-state index in [-0.39, 0.29) is 23.9 Å². The zero-order valence-corrected chi connectivity index (χ0v) is 15.6. The third kappa shape index (κ3) is 3.13. The van der Waals surface area contributed by atoms with E-state index in [0.717, 1.165) is 29.7 Å². The third-order valence-corrected chi connectivity index (χ3v) is 5.24. The molecule has 0 aromatic heterocycles. The summed E-state index contributed by atoms with van der Waals surface area (Å²) < 4.78 is 13.2. The van der Waals surface area contributed by atoms with Gasteiger partial charge in [0.15, 0.2) is 0 Å². The summed E-state index contributed by atoms with van der Waals surface area (Å²) >= 11 is 0. The van der Waals surface area contributed by atoms with Crippen LogP contribution < -0.4 is 15.6 Å². The monoisotopic (exact) mass is 380 g/mol. The number of halogens is 1. The van der Waals surface area contributed by atoms with Crippen LogP contribution >= 0.6 is 0 Å². The summed E-state index contributed by atoms with van der Waals surface area (Å²) in [5, 5.41) is 5.82. The van der Waals surface area contributed by atoms with E-state index in [2.05, 4.69) is 5.10 Å². The molecule has 2 aromatic rings. The summed E-state index contributed by atoms with van der Waals surface area (Å²) in [5.74, 6) is -1.18. The molecule has 2 aliphatic heterocycles. The minimum atomic E-state index is -0.773. The van der Waals surface area contributed by atoms with Crippen LogP contribution in [0.4, 0.5) is 15.8 Å². The molecule has 0 saturated heterocycles. The number of carbonyl (C=O) groups is 2. The first-order valence-electron chi connectivity index (χ1n) is 9.27. The number of hydrogen-bond acceptors (Lipinski definition) is 4. The third-order valence-electron chi connectivity index (χ3n) is 5.24. The van der Waals surface area contributed by atoms with Crippen molar-refractivity contribution in [1.82, 2.24) is 0 Å². The number of nitrogens with two attached hydrogens (primary N) is 1. The van der Waals surface area contributed by atoms with Gasteiger partial charge in [-0.3, -0.25) is 14.6 Å². The lowest BCUT2D eigenvalue weighted by Crippen LogP contribution is -2.42. The number of aryl methyl sites for hydroxylation is 2. The van der Waals surface area contributed by atoms with Crippen LogP contribution in [0.2, 0.25) is 0 Å². The maximum absolute atomic E-state index is 13.3. The number of hydrogen-bond donors (Lipinski definition) is 1. The number of para-hydroxylation sites is 1. The lowest BCUT2D eigenvalue weighted by atomic mass is 9.97. The fraction of sp³-hybridized carbons (Fsp3) is 0.286. The predicted octanol–water partition coefficient (Wildman–Crippen LogP) is 2.53. The standard InChI is InChI=1S/C21H21FN4O2/c1-13-4-2-5-14-6-3-11-25(19(13)14)21(28)17-12-18(20(23)27)26(24-17)16-9-7-15(22)8-10-16/h2,4-5,7-10,18H,3,6,11-12H2,1H3,(H2,23,27). The minimum Gasteiger partial charge on any atom is -0.368 e. The predicted molar refractivity (Wildman–Crippen MR) is 106 cm³/mol. The smallest absolute Gasteiger partial charge is 0.274 e. The molecule has 0 fully saturated rings. The maximum Gasteiger partial charge on any atom is 0.274 e. The SMILES string of the molecule is Cc1cccc2c1N(C(=O)C1=NN(c3ccc(F)cc3)C(C(N)=O)C1)CCC2. The van der Waals surface area contributed by atoms with Crippen molar-refractivity contribution in [2.24, 2.45) is 10.8 Å². The van der Waals surface area contributed by atoms with E-state index in [0.29, 0.717) is 12.2 Å². The molecule has 2 heterocycles. The van der Waals surface area contributed by atoms with Crippen molar-refractivity contribution in [1.29, 1.82) is 0 Å². The average molecular weight is 380 g/mol. The summed E-state index contributed by atoms with van der Waals surface area (Å²) in [4.78, 5) is 27.0. The molecule has 0 spiro atoms. The second-order valence-corrected chi connectivity index (χ2v) is 7.13. The fourth-order valence-electron chi connectivity index (χ4n) is 3.90. The van der Waals surface area contributed by atoms with Gasteiger partial charge in [-0.05, 0) is 55.2 Å². The van der Waals surface area contributed by atoms with Gasteiger partial charge in [0, 0.05) is 13.0 Å². The number of benzene rings is 2. The average Bonchev–Trinajstić information content (AvgIpc) is 3.13. The summed E-state index contributed by atoms with van der Waals surface area (Å²) in [6.07, 6.45) is 1.93. The van der Waals surface area contributed by atoms with Crippen molar-refractivity contribution in [3.8, 4) is 0 Å². The highest BCUT2D eigenvalue weighted by atomic mass is 19.1. The summed E-state index contributed by atoms with van der Waals surface area (Å²) in [5.41, 5.74) is 9.44. The number of anilines is 2. The molecule has 2 amide bonds. The molecule has 0 radical (unpaired) electrons. The lowest BCUT2D eigenvalue weighted by Gasteiger charge is -2.31. The molecule has 28 heavy (non-hydrogen) atoms. The summed E-state index contributed by atoms with van der Waals surface area (Å²) in [6.45, 7) is 2.59. The van der Waals surface area contributed by atoms with Crippen LogP contribution in [0.25, 0.3) is 0 Å². The molecule has 6 nitrogen and oxygen atoms in total. The first-order chi connectivity index (χ1) is 13.5. The fourth-order valence-corrected chi connectivity index (χ4v) is 3.90. The zero-order chi connectivity index (χ0) is 19.8. The van der Waals surface area contributed by atoms with Gasteiger partial charge >= 0.3 is 0 Å². The Morgan fingerprint density at radius 2 is 1.93 bits per heavy atom. The van der Waals surface area contributed by atoms with E-state index >= 15 is 0 Å². The van der Waals surface area contributed by atoms with E-state index in [1.165, 1.54) is 29.3 Å². The van der Waals surface area contributed by atoms with Crippen LogP contribution in [0.5, 0.6) is 0 Å². The van der Waals surface area contributed by atoms with Crippen molar-refractivity contribution in [3.63, 3.8) is 0 Å². The molecule has 0 aliphatic carbocycles. The van der Waals surface area contributed by atoms with Gasteiger partial charge in [-0.2, -0.15) is 5.10 Å². The number of nitrogens with zero attached hydrogens (tertiary/aromatic N) is 3. The Kier molecular flexibility index (Phi) is 4.58. The Hall–Kier alpha value is -3.22. The molecule has 1 unspecified atom stereocenters. The first-order valence-corrected chi connectivity index (χ1v) is 9.27. The molecule has 0 saturated carbocycles. The molecule has 4 rings (SSSR count). The van der Waals surface area contributed by atoms with Crippen molar-refractivity contribution in [3.05, 3.63) is 59.4 Å². The number of carbonyl (C=O) groups excluding carboxylic acids is 2. The highest BCUT2D eigenvalue weighted by Crippen LogP contribution is 2.32. The Labute approximate surface area is 162 Å². The molecule has 144 valence electrons. The molecule has 2 aromatic carbocycles. The number of primary amides is 1. The normalized spacial score (nSPS) is 18.6. The van der Waals surface area contributed by atoms with Crippen LogP contribution in [0.1, 0.15) is 24.0 Å². The van der Waals surface area contributed by atoms with Crippen LogP contribution in [-0.2, 0) is 16.0 Å². The van der Waals surface area contributed by atoms with Crippen molar-refractivity contribution >= 4 is 28.9 Å². The van der Waals surface area contributed by atoms with E-state index in [1.54, 1.807) is 4.90 Å². The van der Waals surface area contributed by atoms with E-state index < -0.39 is 11.9 Å².